The molecule has 1 aromatic rings. The van der Waals surface area contributed by atoms with E-state index in [0.29, 0.717) is 28.8 Å². The van der Waals surface area contributed by atoms with Gasteiger partial charge >= 0.3 is 0 Å². The van der Waals surface area contributed by atoms with Gasteiger partial charge in [0.05, 0.1) is 7.11 Å². The Labute approximate surface area is 123 Å². The minimum atomic E-state index is 0.395. The van der Waals surface area contributed by atoms with Crippen LogP contribution in [0.1, 0.15) is 18.5 Å². The van der Waals surface area contributed by atoms with Gasteiger partial charge in [-0.2, -0.15) is 0 Å². The number of nitrogens with two attached hydrogens (primary N) is 1. The predicted molar refractivity (Wildman–Crippen MR) is 79.9 cm³/mol. The van der Waals surface area contributed by atoms with Crippen LogP contribution >= 0.6 is 0 Å². The predicted octanol–water partition coefficient (Wildman–Crippen LogP) is 3.14. The molecule has 0 bridgehead atoms. The first-order valence-corrected chi connectivity index (χ1v) is 6.68. The van der Waals surface area contributed by atoms with Crippen LogP contribution in [0.15, 0.2) is 54.2 Å². The zero-order chi connectivity index (χ0) is 14.7. The first kappa shape index (κ1) is 13.3. The minimum absolute atomic E-state index is 0.395. The second-order valence-corrected chi connectivity index (χ2v) is 4.65. The van der Waals surface area contributed by atoms with Crippen LogP contribution in [0.4, 0.5) is 5.82 Å². The topological polar surface area (TPSA) is 66.6 Å². The van der Waals surface area contributed by atoms with E-state index in [0.717, 1.165) is 18.4 Å². The molecule has 1 aromatic heterocycles. The number of hydrogen-bond acceptors (Lipinski definition) is 5. The van der Waals surface area contributed by atoms with Gasteiger partial charge < -0.3 is 19.9 Å². The van der Waals surface area contributed by atoms with Crippen molar-refractivity contribution in [2.75, 3.05) is 12.8 Å². The second-order valence-electron chi connectivity index (χ2n) is 4.65. The summed E-state index contributed by atoms with van der Waals surface area (Å²) >= 11 is 0. The number of anilines is 1. The maximum absolute atomic E-state index is 5.91. The van der Waals surface area contributed by atoms with E-state index >= 15 is 0 Å². The number of allylic oxidation sites excluding steroid dienone is 4. The van der Waals surface area contributed by atoms with E-state index in [4.69, 9.17) is 19.9 Å². The lowest BCUT2D eigenvalue weighted by atomic mass is 10.0. The van der Waals surface area contributed by atoms with Gasteiger partial charge in [0.25, 0.3) is 0 Å². The summed E-state index contributed by atoms with van der Waals surface area (Å²) in [4.78, 5) is 4.27. The molecule has 5 heteroatoms. The average molecular weight is 284 g/mol. The van der Waals surface area contributed by atoms with E-state index in [1.165, 1.54) is 6.26 Å². The zero-order valence-corrected chi connectivity index (χ0v) is 11.7. The first-order chi connectivity index (χ1) is 10.3. The van der Waals surface area contributed by atoms with Crippen molar-refractivity contribution >= 4 is 11.6 Å². The molecule has 0 spiro atoms. The highest BCUT2D eigenvalue weighted by Crippen LogP contribution is 2.33. The van der Waals surface area contributed by atoms with Crippen LogP contribution < -0.4 is 10.5 Å². The van der Waals surface area contributed by atoms with Crippen LogP contribution in [0.5, 0.6) is 5.75 Å². The van der Waals surface area contributed by atoms with Crippen molar-refractivity contribution in [2.45, 2.75) is 12.8 Å². The van der Waals surface area contributed by atoms with E-state index in [1.807, 2.05) is 12.2 Å². The summed E-state index contributed by atoms with van der Waals surface area (Å²) in [6.07, 6.45) is 11.1. The fourth-order valence-corrected chi connectivity index (χ4v) is 2.18. The molecule has 5 nitrogen and oxygen atoms in total. The molecular formula is C16H16N2O3. The number of nitrogens with zero attached hydrogens (tertiary/aromatic N) is 1. The number of pyridine rings is 1. The second kappa shape index (κ2) is 5.75. The Morgan fingerprint density at radius 3 is 2.86 bits per heavy atom. The summed E-state index contributed by atoms with van der Waals surface area (Å²) in [5, 5.41) is 0. The van der Waals surface area contributed by atoms with Crippen molar-refractivity contribution < 1.29 is 14.2 Å². The summed E-state index contributed by atoms with van der Waals surface area (Å²) in [6, 6.07) is 3.43. The van der Waals surface area contributed by atoms with Gasteiger partial charge in [0.1, 0.15) is 24.1 Å². The van der Waals surface area contributed by atoms with Gasteiger partial charge in [0.15, 0.2) is 17.2 Å². The maximum atomic E-state index is 5.91. The third-order valence-electron chi connectivity index (χ3n) is 3.23. The molecule has 0 aromatic carbocycles. The van der Waals surface area contributed by atoms with Crippen LogP contribution in [0.3, 0.4) is 0 Å². The molecule has 1 aliphatic carbocycles. The maximum Gasteiger partial charge on any atom is 0.192 e. The van der Waals surface area contributed by atoms with E-state index in [2.05, 4.69) is 11.1 Å². The number of hydrogen-bond donors (Lipinski definition) is 1. The van der Waals surface area contributed by atoms with E-state index in [9.17, 15) is 0 Å². The lowest BCUT2D eigenvalue weighted by Crippen LogP contribution is -2.06. The van der Waals surface area contributed by atoms with Crippen molar-refractivity contribution in [3.63, 3.8) is 0 Å². The molecule has 2 heterocycles. The van der Waals surface area contributed by atoms with Gasteiger partial charge in [0, 0.05) is 0 Å². The van der Waals surface area contributed by atoms with Crippen LogP contribution in [0.2, 0.25) is 0 Å². The van der Waals surface area contributed by atoms with Gasteiger partial charge in [0.2, 0.25) is 0 Å². The third-order valence-corrected chi connectivity index (χ3v) is 3.23. The smallest absolute Gasteiger partial charge is 0.192 e. The van der Waals surface area contributed by atoms with E-state index < -0.39 is 0 Å². The number of rotatable bonds is 3. The Hall–Kier alpha value is -2.69. The molecule has 0 saturated heterocycles. The van der Waals surface area contributed by atoms with Gasteiger partial charge in [-0.05, 0) is 30.5 Å². The van der Waals surface area contributed by atoms with Crippen molar-refractivity contribution in [1.82, 2.24) is 4.98 Å². The number of nitrogen functional groups attached to an aromatic ring is 1. The van der Waals surface area contributed by atoms with Gasteiger partial charge in [-0.25, -0.2) is 4.98 Å². The lowest BCUT2D eigenvalue weighted by molar-refractivity contribution is 0.282. The summed E-state index contributed by atoms with van der Waals surface area (Å²) in [5.74, 6) is 2.14. The molecule has 0 saturated carbocycles. The third kappa shape index (κ3) is 2.76. The number of ether oxygens (including phenoxy) is 3. The molecule has 0 amide bonds. The Kier molecular flexibility index (Phi) is 3.64. The highest BCUT2D eigenvalue weighted by Gasteiger charge is 2.20. The molecule has 0 unspecified atom stereocenters. The Bertz CT molecular complexity index is 672. The number of methoxy groups -OCH3 is 1. The molecule has 3 rings (SSSR count). The fraction of sp³-hybridized carbons (Fsp3) is 0.188. The van der Waals surface area contributed by atoms with Crippen LogP contribution in [0, 0.1) is 0 Å². The van der Waals surface area contributed by atoms with Crippen LogP contribution in [-0.4, -0.2) is 12.1 Å². The SMILES string of the molecule is COc1ccc(N)nc1C1=COC=C(C2=CC=CCC2)O1. The molecule has 0 radical (unpaired) electrons. The molecule has 1 aliphatic heterocycles. The first-order valence-electron chi connectivity index (χ1n) is 6.68. The standard InChI is InChI=1S/C16H16N2O3/c1-19-12-7-8-15(17)18-16(12)14-10-20-9-13(21-14)11-5-3-2-4-6-11/h2-3,5,7-10H,4,6H2,1H3,(H2,17,18). The van der Waals surface area contributed by atoms with Gasteiger partial charge in [-0.3, -0.25) is 0 Å². The summed E-state index contributed by atoms with van der Waals surface area (Å²) < 4.78 is 16.6. The summed E-state index contributed by atoms with van der Waals surface area (Å²) in [5.41, 5.74) is 7.35. The fourth-order valence-electron chi connectivity index (χ4n) is 2.18. The lowest BCUT2D eigenvalue weighted by Gasteiger charge is -2.20. The summed E-state index contributed by atoms with van der Waals surface area (Å²) in [6.45, 7) is 0. The average Bonchev–Trinajstić information content (AvgIpc) is 2.56. The monoisotopic (exact) mass is 284 g/mol. The Morgan fingerprint density at radius 2 is 2.10 bits per heavy atom. The Balaban J connectivity index is 1.88. The van der Waals surface area contributed by atoms with Crippen molar-refractivity contribution in [3.8, 4) is 5.75 Å². The molecule has 2 aliphatic rings. The molecule has 0 atom stereocenters. The van der Waals surface area contributed by atoms with E-state index in [-0.39, 0.29) is 0 Å². The van der Waals surface area contributed by atoms with Crippen molar-refractivity contribution in [3.05, 3.63) is 59.9 Å². The molecule has 0 fully saturated rings. The van der Waals surface area contributed by atoms with Crippen molar-refractivity contribution in [2.24, 2.45) is 0 Å². The molecule has 21 heavy (non-hydrogen) atoms. The van der Waals surface area contributed by atoms with Crippen LogP contribution in [0.25, 0.3) is 5.76 Å². The van der Waals surface area contributed by atoms with E-state index in [1.54, 1.807) is 25.5 Å². The largest absolute Gasteiger partial charge is 0.494 e. The zero-order valence-electron chi connectivity index (χ0n) is 11.7. The minimum Gasteiger partial charge on any atom is -0.494 e. The molecule has 2 N–H and O–H groups in total. The highest BCUT2D eigenvalue weighted by atomic mass is 16.5. The molecule has 108 valence electrons. The normalized spacial score (nSPS) is 17.1. The van der Waals surface area contributed by atoms with Crippen LogP contribution in [-0.2, 0) is 9.47 Å². The summed E-state index contributed by atoms with van der Waals surface area (Å²) in [7, 11) is 1.58. The quantitative estimate of drug-likeness (QED) is 0.923. The van der Waals surface area contributed by atoms with Crippen molar-refractivity contribution in [1.29, 1.82) is 0 Å². The highest BCUT2D eigenvalue weighted by molar-refractivity contribution is 5.65. The Morgan fingerprint density at radius 1 is 1.24 bits per heavy atom. The number of aromatic nitrogens is 1. The molecular weight excluding hydrogens is 268 g/mol. The van der Waals surface area contributed by atoms with Gasteiger partial charge in [-0.15, -0.1) is 0 Å². The van der Waals surface area contributed by atoms with Gasteiger partial charge in [-0.1, -0.05) is 18.2 Å².